The summed E-state index contributed by atoms with van der Waals surface area (Å²) < 4.78 is 24.3. The maximum atomic E-state index is 12.9. The Morgan fingerprint density at radius 2 is 1.56 bits per heavy atom. The second-order valence-corrected chi connectivity index (χ2v) is 15.1. The van der Waals surface area contributed by atoms with Crippen molar-refractivity contribution >= 4 is 28.7 Å². The molecule has 0 aliphatic carbocycles. The molecule has 2 heterocycles. The molecule has 0 N–H and O–H groups in total. The highest BCUT2D eigenvalue weighted by Gasteiger charge is 2.40. The van der Waals surface area contributed by atoms with Crippen molar-refractivity contribution in [1.82, 2.24) is 10.0 Å². The van der Waals surface area contributed by atoms with Gasteiger partial charge in [0.1, 0.15) is 11.4 Å². The Balaban J connectivity index is 1.17. The number of aromatic nitrogens is 1. The van der Waals surface area contributed by atoms with E-state index in [1.165, 1.54) is 16.3 Å². The van der Waals surface area contributed by atoms with E-state index in [0.29, 0.717) is 39.5 Å². The van der Waals surface area contributed by atoms with Crippen molar-refractivity contribution in [3.05, 3.63) is 138 Å². The molecule has 1 aliphatic rings. The summed E-state index contributed by atoms with van der Waals surface area (Å²) in [5.74, 6) is 1.69. The summed E-state index contributed by atoms with van der Waals surface area (Å²) in [4.78, 5) is 24.0. The van der Waals surface area contributed by atoms with Crippen LogP contribution in [0.3, 0.4) is 0 Å². The lowest BCUT2D eigenvalue weighted by molar-refractivity contribution is -0.189. The number of hydrogen-bond acceptors (Lipinski definition) is 9. The van der Waals surface area contributed by atoms with Gasteiger partial charge in [-0.1, -0.05) is 78.9 Å². The van der Waals surface area contributed by atoms with Crippen molar-refractivity contribution in [2.45, 2.75) is 62.9 Å². The topological polar surface area (TPSA) is 79.4 Å². The van der Waals surface area contributed by atoms with Gasteiger partial charge in [0.25, 0.3) is 0 Å². The van der Waals surface area contributed by atoms with E-state index in [-0.39, 0.29) is 17.9 Å². The van der Waals surface area contributed by atoms with Gasteiger partial charge in [-0.05, 0) is 84.5 Å². The minimum Gasteiger partial charge on any atom is -0.494 e. The van der Waals surface area contributed by atoms with E-state index < -0.39 is 11.8 Å². The number of ether oxygens (including phenoxy) is 4. The standard InChI is InChI=1S/C43H48N2O6S/c1-43(2,3)50-42(46)51-45-27-37(31-52-39-20-22-44-23-21-39)41(40(28-45)49-30-33-14-15-34-12-7-8-13-36(34)26-33)35-16-18-38(19-17-35)48-25-9-24-47-29-32-10-5-4-6-11-32/h4-8,10-23,26,37,40-41H,9,24-25,27-31H2,1-3H3. The second kappa shape index (κ2) is 18.4. The maximum absolute atomic E-state index is 12.9. The Hall–Kier alpha value is -4.41. The van der Waals surface area contributed by atoms with E-state index in [9.17, 15) is 4.79 Å². The number of thioether (sulfide) groups is 1. The molecule has 0 saturated carbocycles. The molecule has 3 unspecified atom stereocenters. The van der Waals surface area contributed by atoms with Gasteiger partial charge in [-0.2, -0.15) is 0 Å². The van der Waals surface area contributed by atoms with E-state index in [1.807, 2.05) is 87.8 Å². The summed E-state index contributed by atoms with van der Waals surface area (Å²) in [6.45, 7) is 8.63. The molecule has 5 aromatic rings. The third kappa shape index (κ3) is 11.3. The van der Waals surface area contributed by atoms with Crippen LogP contribution in [0.2, 0.25) is 0 Å². The number of carbonyl (C=O) groups excluding carboxylic acids is 1. The average molecular weight is 721 g/mol. The van der Waals surface area contributed by atoms with Crippen molar-refractivity contribution in [3.63, 3.8) is 0 Å². The molecular weight excluding hydrogens is 673 g/mol. The Bertz CT molecular complexity index is 1830. The van der Waals surface area contributed by atoms with Crippen LogP contribution in [0.15, 0.2) is 126 Å². The zero-order valence-electron chi connectivity index (χ0n) is 30.2. The van der Waals surface area contributed by atoms with E-state index in [1.54, 1.807) is 16.8 Å². The highest BCUT2D eigenvalue weighted by Crippen LogP contribution is 2.39. The van der Waals surface area contributed by atoms with Crippen LogP contribution in [0.4, 0.5) is 4.79 Å². The minimum atomic E-state index is -0.716. The molecule has 272 valence electrons. The summed E-state index contributed by atoms with van der Waals surface area (Å²) >= 11 is 1.76. The first kappa shape index (κ1) is 37.4. The van der Waals surface area contributed by atoms with E-state index >= 15 is 0 Å². The molecule has 0 spiro atoms. The van der Waals surface area contributed by atoms with Gasteiger partial charge >= 0.3 is 6.16 Å². The Morgan fingerprint density at radius 1 is 0.808 bits per heavy atom. The lowest BCUT2D eigenvalue weighted by Crippen LogP contribution is -2.50. The first-order valence-corrected chi connectivity index (χ1v) is 18.9. The van der Waals surface area contributed by atoms with Crippen molar-refractivity contribution in [1.29, 1.82) is 0 Å². The van der Waals surface area contributed by atoms with Gasteiger partial charge in [0.15, 0.2) is 0 Å². The SMILES string of the molecule is CC(C)(C)OC(=O)ON1CC(CSc2ccncc2)C(c2ccc(OCCCOCc3ccccc3)cc2)C(OCc2ccc3ccccc3c2)C1. The Kier molecular flexibility index (Phi) is 13.2. The first-order chi connectivity index (χ1) is 25.3. The number of benzene rings is 4. The molecular formula is C43H48N2O6S. The molecule has 52 heavy (non-hydrogen) atoms. The van der Waals surface area contributed by atoms with Gasteiger partial charge in [-0.3, -0.25) is 4.98 Å². The largest absolute Gasteiger partial charge is 0.528 e. The van der Waals surface area contributed by atoms with Gasteiger partial charge in [0, 0.05) is 41.9 Å². The predicted octanol–water partition coefficient (Wildman–Crippen LogP) is 9.48. The normalized spacial score (nSPS) is 17.9. The maximum Gasteiger partial charge on any atom is 0.528 e. The van der Waals surface area contributed by atoms with Crippen molar-refractivity contribution in [2.75, 3.05) is 32.1 Å². The number of nitrogens with zero attached hydrogens (tertiary/aromatic N) is 2. The molecule has 1 fully saturated rings. The van der Waals surface area contributed by atoms with Gasteiger partial charge in [-0.15, -0.1) is 16.8 Å². The van der Waals surface area contributed by atoms with Crippen LogP contribution in [0.1, 0.15) is 49.8 Å². The fraction of sp³-hybridized carbons (Fsp3) is 0.349. The fourth-order valence-corrected chi connectivity index (χ4v) is 7.42. The number of hydrogen-bond donors (Lipinski definition) is 0. The molecule has 9 heteroatoms. The zero-order chi connectivity index (χ0) is 36.2. The number of fused-ring (bicyclic) bond motifs is 1. The quantitative estimate of drug-likeness (QED) is 0.0597. The first-order valence-electron chi connectivity index (χ1n) is 17.9. The molecule has 0 amide bonds. The molecule has 1 saturated heterocycles. The van der Waals surface area contributed by atoms with Gasteiger partial charge < -0.3 is 23.8 Å². The predicted molar refractivity (Wildman–Crippen MR) is 205 cm³/mol. The van der Waals surface area contributed by atoms with Gasteiger partial charge in [0.2, 0.25) is 0 Å². The van der Waals surface area contributed by atoms with Crippen LogP contribution in [-0.4, -0.2) is 60.0 Å². The zero-order valence-corrected chi connectivity index (χ0v) is 31.0. The third-order valence-corrected chi connectivity index (χ3v) is 9.99. The van der Waals surface area contributed by atoms with Crippen LogP contribution >= 0.6 is 11.8 Å². The smallest absolute Gasteiger partial charge is 0.494 e. The lowest BCUT2D eigenvalue weighted by atomic mass is 9.80. The summed E-state index contributed by atoms with van der Waals surface area (Å²) in [5, 5.41) is 4.07. The highest BCUT2D eigenvalue weighted by atomic mass is 32.2. The van der Waals surface area contributed by atoms with Crippen molar-refractivity contribution in [2.24, 2.45) is 5.92 Å². The van der Waals surface area contributed by atoms with Crippen LogP contribution < -0.4 is 4.74 Å². The Labute approximate surface area is 311 Å². The lowest BCUT2D eigenvalue weighted by Gasteiger charge is -2.42. The molecule has 4 aromatic carbocycles. The number of pyridine rings is 1. The molecule has 6 rings (SSSR count). The summed E-state index contributed by atoms with van der Waals surface area (Å²) in [7, 11) is 0. The summed E-state index contributed by atoms with van der Waals surface area (Å²) in [6.07, 6.45) is 3.42. The van der Waals surface area contributed by atoms with Crippen molar-refractivity contribution < 1.29 is 28.6 Å². The van der Waals surface area contributed by atoms with Crippen molar-refractivity contribution in [3.8, 4) is 5.75 Å². The molecule has 1 aliphatic heterocycles. The van der Waals surface area contributed by atoms with Gasteiger partial charge in [-0.25, -0.2) is 4.79 Å². The van der Waals surface area contributed by atoms with Crippen LogP contribution in [0.5, 0.6) is 5.75 Å². The number of rotatable bonds is 15. The summed E-state index contributed by atoms with van der Waals surface area (Å²) in [6, 6.07) is 37.3. The molecule has 3 atom stereocenters. The highest BCUT2D eigenvalue weighted by molar-refractivity contribution is 7.99. The molecule has 8 nitrogen and oxygen atoms in total. The number of carbonyl (C=O) groups is 1. The Morgan fingerprint density at radius 3 is 2.33 bits per heavy atom. The van der Waals surface area contributed by atoms with Crippen LogP contribution in [0.25, 0.3) is 10.8 Å². The van der Waals surface area contributed by atoms with E-state index in [4.69, 9.17) is 23.8 Å². The average Bonchev–Trinajstić information content (AvgIpc) is 3.14. The van der Waals surface area contributed by atoms with Crippen LogP contribution in [-0.2, 0) is 32.3 Å². The number of piperidine rings is 1. The van der Waals surface area contributed by atoms with E-state index in [0.717, 1.165) is 33.9 Å². The summed E-state index contributed by atoms with van der Waals surface area (Å²) in [5.41, 5.74) is 2.73. The monoisotopic (exact) mass is 720 g/mol. The minimum absolute atomic E-state index is 0.0220. The fourth-order valence-electron chi connectivity index (χ4n) is 6.39. The molecule has 0 radical (unpaired) electrons. The second-order valence-electron chi connectivity index (χ2n) is 14.0. The number of hydroxylamine groups is 2. The molecule has 1 aromatic heterocycles. The molecule has 0 bridgehead atoms. The van der Waals surface area contributed by atoms with Crippen LogP contribution in [0, 0.1) is 5.92 Å². The van der Waals surface area contributed by atoms with Gasteiger partial charge in [0.05, 0.1) is 39.1 Å². The third-order valence-electron chi connectivity index (χ3n) is 8.79. The van der Waals surface area contributed by atoms with E-state index in [2.05, 4.69) is 59.6 Å².